The molecule has 1 aliphatic rings. The number of nitrogens with one attached hydrogen (secondary N) is 1. The van der Waals surface area contributed by atoms with Crippen LogP contribution in [0.25, 0.3) is 11.4 Å². The Morgan fingerprint density at radius 1 is 1.19 bits per heavy atom. The van der Waals surface area contributed by atoms with Crippen LogP contribution in [-0.4, -0.2) is 37.5 Å². The summed E-state index contributed by atoms with van der Waals surface area (Å²) in [5.74, 6) is -0.0879. The second-order valence-corrected chi connectivity index (χ2v) is 6.51. The van der Waals surface area contributed by atoms with E-state index < -0.39 is 17.5 Å². The molecular formula is C17H19F3N4O2. The number of phenols is 1. The number of aliphatic hydroxyl groups excluding tert-OH is 1. The first-order chi connectivity index (χ1) is 12.2. The fourth-order valence-corrected chi connectivity index (χ4v) is 3.18. The molecule has 3 N–H and O–H groups in total. The number of aromatic hydroxyl groups is 1. The molecule has 26 heavy (non-hydrogen) atoms. The lowest BCUT2D eigenvalue weighted by Crippen LogP contribution is -2.30. The zero-order chi connectivity index (χ0) is 18.9. The normalized spacial score (nSPS) is 20.8. The van der Waals surface area contributed by atoms with Crippen LogP contribution in [0.15, 0.2) is 18.3 Å². The van der Waals surface area contributed by atoms with Crippen LogP contribution in [0.4, 0.5) is 19.0 Å². The molecular weight excluding hydrogens is 349 g/mol. The predicted molar refractivity (Wildman–Crippen MR) is 88.6 cm³/mol. The van der Waals surface area contributed by atoms with E-state index in [1.807, 2.05) is 0 Å². The highest BCUT2D eigenvalue weighted by Crippen LogP contribution is 2.37. The number of aromatic nitrogens is 3. The molecule has 1 fully saturated rings. The molecule has 1 aromatic carbocycles. The summed E-state index contributed by atoms with van der Waals surface area (Å²) in [6.07, 6.45) is -0.253. The number of hydrogen-bond donors (Lipinski definition) is 3. The smallest absolute Gasteiger partial charge is 0.416 e. The van der Waals surface area contributed by atoms with Crippen molar-refractivity contribution < 1.29 is 23.4 Å². The van der Waals surface area contributed by atoms with Gasteiger partial charge in [0.15, 0.2) is 11.6 Å². The molecule has 0 saturated heterocycles. The van der Waals surface area contributed by atoms with Gasteiger partial charge in [-0.15, -0.1) is 10.2 Å². The molecule has 0 unspecified atom stereocenters. The molecule has 6 nitrogen and oxygen atoms in total. The van der Waals surface area contributed by atoms with E-state index in [9.17, 15) is 23.4 Å². The first-order valence-electron chi connectivity index (χ1n) is 8.29. The van der Waals surface area contributed by atoms with Crippen molar-refractivity contribution in [3.05, 3.63) is 29.5 Å². The van der Waals surface area contributed by atoms with Gasteiger partial charge in [-0.05, 0) is 50.3 Å². The van der Waals surface area contributed by atoms with Gasteiger partial charge in [-0.1, -0.05) is 0 Å². The Bertz CT molecular complexity index is 758. The maximum absolute atomic E-state index is 12.8. The van der Waals surface area contributed by atoms with Crippen LogP contribution in [0.1, 0.15) is 36.8 Å². The van der Waals surface area contributed by atoms with Gasteiger partial charge in [-0.25, -0.2) is 4.98 Å². The molecule has 0 spiro atoms. The number of phenolic OH excluding ortho intramolecular Hbond substituents is 1. The first-order valence-corrected chi connectivity index (χ1v) is 8.29. The van der Waals surface area contributed by atoms with Crippen molar-refractivity contribution in [3.8, 4) is 17.1 Å². The van der Waals surface area contributed by atoms with Crippen LogP contribution in [-0.2, 0) is 6.18 Å². The maximum Gasteiger partial charge on any atom is 0.416 e. The van der Waals surface area contributed by atoms with Crippen LogP contribution in [0.3, 0.4) is 0 Å². The van der Waals surface area contributed by atoms with E-state index in [0.29, 0.717) is 18.3 Å². The van der Waals surface area contributed by atoms with E-state index in [4.69, 9.17) is 0 Å². The fourth-order valence-electron chi connectivity index (χ4n) is 3.18. The van der Waals surface area contributed by atoms with Crippen LogP contribution in [0, 0.1) is 6.92 Å². The van der Waals surface area contributed by atoms with Gasteiger partial charge < -0.3 is 15.5 Å². The Balaban J connectivity index is 1.80. The topological polar surface area (TPSA) is 91.2 Å². The van der Waals surface area contributed by atoms with E-state index in [1.54, 1.807) is 0 Å². The van der Waals surface area contributed by atoms with Crippen LogP contribution in [0.5, 0.6) is 5.75 Å². The minimum Gasteiger partial charge on any atom is -0.507 e. The maximum atomic E-state index is 12.8. The van der Waals surface area contributed by atoms with E-state index in [2.05, 4.69) is 20.5 Å². The summed E-state index contributed by atoms with van der Waals surface area (Å²) in [5.41, 5.74) is -0.612. The molecule has 0 aliphatic heterocycles. The lowest BCUT2D eigenvalue weighted by Gasteiger charge is -2.26. The Kier molecular flexibility index (Phi) is 4.99. The Morgan fingerprint density at radius 2 is 1.96 bits per heavy atom. The van der Waals surface area contributed by atoms with Crippen molar-refractivity contribution in [2.45, 2.75) is 50.9 Å². The summed E-state index contributed by atoms with van der Waals surface area (Å²) >= 11 is 0. The molecule has 9 heteroatoms. The molecule has 140 valence electrons. The third-order valence-corrected chi connectivity index (χ3v) is 4.43. The second kappa shape index (κ2) is 7.06. The lowest BCUT2D eigenvalue weighted by atomic mass is 9.93. The summed E-state index contributed by atoms with van der Waals surface area (Å²) in [7, 11) is 0. The van der Waals surface area contributed by atoms with Crippen LogP contribution in [0.2, 0.25) is 0 Å². The van der Waals surface area contributed by atoms with E-state index in [-0.39, 0.29) is 29.1 Å². The number of anilines is 1. The summed E-state index contributed by atoms with van der Waals surface area (Å²) in [6.45, 7) is 1.45. The molecule has 0 bridgehead atoms. The molecule has 2 atom stereocenters. The molecule has 1 aromatic heterocycles. The number of nitrogens with zero attached hydrogens (tertiary/aromatic N) is 3. The number of alkyl halides is 3. The fraction of sp³-hybridized carbons (Fsp3) is 0.471. The molecule has 1 heterocycles. The van der Waals surface area contributed by atoms with E-state index >= 15 is 0 Å². The largest absolute Gasteiger partial charge is 0.507 e. The van der Waals surface area contributed by atoms with Crippen LogP contribution < -0.4 is 5.32 Å². The van der Waals surface area contributed by atoms with Gasteiger partial charge in [0, 0.05) is 6.04 Å². The standard InChI is InChI=1S/C17H19F3N4O2/c1-9-5-10(17(18,19)20)6-13(26)15(9)16-21-8-14(23-24-16)22-11-3-2-4-12(25)7-11/h5-6,8,11-12,25-26H,2-4,7H2,1H3,(H,22,23)/t11-,12-/m1/s1. The summed E-state index contributed by atoms with van der Waals surface area (Å²) in [6, 6.07) is 1.66. The first kappa shape index (κ1) is 18.4. The zero-order valence-corrected chi connectivity index (χ0v) is 14.1. The molecule has 0 radical (unpaired) electrons. The van der Waals surface area contributed by atoms with Crippen molar-refractivity contribution in [2.24, 2.45) is 0 Å². The molecule has 1 aliphatic carbocycles. The molecule has 0 amide bonds. The molecule has 1 saturated carbocycles. The molecule has 2 aromatic rings. The van der Waals surface area contributed by atoms with E-state index in [1.165, 1.54) is 13.1 Å². The number of aliphatic hydroxyl groups is 1. The highest BCUT2D eigenvalue weighted by atomic mass is 19.4. The van der Waals surface area contributed by atoms with Crippen molar-refractivity contribution >= 4 is 5.82 Å². The average molecular weight is 368 g/mol. The van der Waals surface area contributed by atoms with Gasteiger partial charge in [-0.3, -0.25) is 0 Å². The number of rotatable bonds is 3. The van der Waals surface area contributed by atoms with Gasteiger partial charge in [0.1, 0.15) is 5.75 Å². The highest BCUT2D eigenvalue weighted by Gasteiger charge is 2.32. The summed E-state index contributed by atoms with van der Waals surface area (Å²) in [5, 5.41) is 30.7. The Hall–Kier alpha value is -2.42. The van der Waals surface area contributed by atoms with Crippen molar-refractivity contribution in [1.29, 1.82) is 0 Å². The minimum absolute atomic E-state index is 0.0444. The third-order valence-electron chi connectivity index (χ3n) is 4.43. The van der Waals surface area contributed by atoms with E-state index in [0.717, 1.165) is 25.3 Å². The zero-order valence-electron chi connectivity index (χ0n) is 14.1. The van der Waals surface area contributed by atoms with Gasteiger partial charge in [0.05, 0.1) is 23.4 Å². The van der Waals surface area contributed by atoms with Gasteiger partial charge in [0.25, 0.3) is 0 Å². The average Bonchev–Trinajstić information content (AvgIpc) is 2.55. The Morgan fingerprint density at radius 3 is 2.54 bits per heavy atom. The lowest BCUT2D eigenvalue weighted by molar-refractivity contribution is -0.137. The van der Waals surface area contributed by atoms with Crippen LogP contribution >= 0.6 is 0 Å². The Labute approximate surface area is 148 Å². The van der Waals surface area contributed by atoms with Crippen molar-refractivity contribution in [3.63, 3.8) is 0 Å². The number of aryl methyl sites for hydroxylation is 1. The monoisotopic (exact) mass is 368 g/mol. The highest BCUT2D eigenvalue weighted by molar-refractivity contribution is 5.68. The number of hydrogen-bond acceptors (Lipinski definition) is 6. The van der Waals surface area contributed by atoms with Crippen molar-refractivity contribution in [2.75, 3.05) is 5.32 Å². The minimum atomic E-state index is -4.54. The summed E-state index contributed by atoms with van der Waals surface area (Å²) < 4.78 is 38.4. The second-order valence-electron chi connectivity index (χ2n) is 6.51. The van der Waals surface area contributed by atoms with Crippen molar-refractivity contribution in [1.82, 2.24) is 15.2 Å². The van der Waals surface area contributed by atoms with Gasteiger partial charge >= 0.3 is 6.18 Å². The number of halogens is 3. The van der Waals surface area contributed by atoms with Gasteiger partial charge in [0.2, 0.25) is 0 Å². The quantitative estimate of drug-likeness (QED) is 0.770. The third kappa shape index (κ3) is 4.04. The summed E-state index contributed by atoms with van der Waals surface area (Å²) in [4.78, 5) is 4.11. The molecule has 3 rings (SSSR count). The predicted octanol–water partition coefficient (Wildman–Crippen LogP) is 3.29. The SMILES string of the molecule is Cc1cc(C(F)(F)F)cc(O)c1-c1ncc(N[C@@H]2CCC[C@@H](O)C2)nn1. The van der Waals surface area contributed by atoms with Gasteiger partial charge in [-0.2, -0.15) is 13.2 Å². The number of benzene rings is 1.